The Labute approximate surface area is 153 Å². The summed E-state index contributed by atoms with van der Waals surface area (Å²) in [5.41, 5.74) is 0.733. The molecule has 1 saturated heterocycles. The van der Waals surface area contributed by atoms with Crippen LogP contribution in [0.4, 0.5) is 0 Å². The van der Waals surface area contributed by atoms with Crippen LogP contribution in [0.25, 0.3) is 0 Å². The maximum Gasteiger partial charge on any atom is 0.334 e. The SMILES string of the molecule is CC(C)=NOCC(=O)NCCSSCCC(=O)ON1C(=O)CCC1=O. The number of hydrogen-bond acceptors (Lipinski definition) is 9. The minimum absolute atomic E-state index is 0.0812. The lowest BCUT2D eigenvalue weighted by Gasteiger charge is -2.12. The molecule has 0 unspecified atom stereocenters. The number of hydrogen-bond donors (Lipinski definition) is 1. The van der Waals surface area contributed by atoms with Gasteiger partial charge in [-0.2, -0.15) is 0 Å². The van der Waals surface area contributed by atoms with Crippen molar-refractivity contribution in [3.63, 3.8) is 0 Å². The summed E-state index contributed by atoms with van der Waals surface area (Å²) in [7, 11) is 2.93. The molecule has 0 aromatic heterocycles. The van der Waals surface area contributed by atoms with E-state index in [9.17, 15) is 19.2 Å². The van der Waals surface area contributed by atoms with Gasteiger partial charge in [0, 0.05) is 30.9 Å². The van der Waals surface area contributed by atoms with Crippen molar-refractivity contribution in [2.75, 3.05) is 24.7 Å². The molecular weight excluding hydrogens is 370 g/mol. The third kappa shape index (κ3) is 9.34. The number of carbonyl (C=O) groups excluding carboxylic acids is 4. The first kappa shape index (κ1) is 21.3. The second kappa shape index (κ2) is 11.7. The van der Waals surface area contributed by atoms with Gasteiger partial charge in [-0.1, -0.05) is 26.7 Å². The number of nitrogens with zero attached hydrogens (tertiary/aromatic N) is 2. The lowest BCUT2D eigenvalue weighted by atomic mass is 10.4. The van der Waals surface area contributed by atoms with Gasteiger partial charge in [0.1, 0.15) is 0 Å². The number of imide groups is 1. The topological polar surface area (TPSA) is 114 Å². The third-order valence-electron chi connectivity index (χ3n) is 2.62. The molecule has 3 amide bonds. The zero-order valence-corrected chi connectivity index (χ0v) is 15.7. The number of nitrogens with one attached hydrogen (secondary N) is 1. The normalized spacial score (nSPS) is 13.6. The molecule has 25 heavy (non-hydrogen) atoms. The van der Waals surface area contributed by atoms with Gasteiger partial charge in [0.25, 0.3) is 17.7 Å². The predicted octanol–water partition coefficient (Wildman–Crippen LogP) is 0.894. The van der Waals surface area contributed by atoms with E-state index in [2.05, 4.69) is 10.5 Å². The van der Waals surface area contributed by atoms with Crippen LogP contribution in [0.3, 0.4) is 0 Å². The summed E-state index contributed by atoms with van der Waals surface area (Å²) in [4.78, 5) is 55.1. The summed E-state index contributed by atoms with van der Waals surface area (Å²) in [6.45, 7) is 3.88. The smallest absolute Gasteiger partial charge is 0.334 e. The van der Waals surface area contributed by atoms with Crippen molar-refractivity contribution in [3.05, 3.63) is 0 Å². The summed E-state index contributed by atoms with van der Waals surface area (Å²) < 4.78 is 0. The highest BCUT2D eigenvalue weighted by molar-refractivity contribution is 8.76. The van der Waals surface area contributed by atoms with E-state index >= 15 is 0 Å². The number of rotatable bonds is 11. The van der Waals surface area contributed by atoms with Gasteiger partial charge >= 0.3 is 5.97 Å². The van der Waals surface area contributed by atoms with E-state index < -0.39 is 17.8 Å². The fourth-order valence-corrected chi connectivity index (χ4v) is 3.43. The zero-order chi connectivity index (χ0) is 18.7. The lowest BCUT2D eigenvalue weighted by molar-refractivity contribution is -0.197. The molecule has 1 aliphatic heterocycles. The van der Waals surface area contributed by atoms with Gasteiger partial charge in [-0.25, -0.2) is 4.79 Å². The minimum atomic E-state index is -0.617. The fourth-order valence-electron chi connectivity index (χ4n) is 1.55. The van der Waals surface area contributed by atoms with E-state index in [4.69, 9.17) is 9.68 Å². The van der Waals surface area contributed by atoms with E-state index in [0.717, 1.165) is 5.71 Å². The van der Waals surface area contributed by atoms with E-state index in [1.807, 2.05) is 0 Å². The Morgan fingerprint density at radius 2 is 1.80 bits per heavy atom. The molecule has 1 N–H and O–H groups in total. The molecule has 0 bridgehead atoms. The summed E-state index contributed by atoms with van der Waals surface area (Å²) in [5.74, 6) is -0.709. The largest absolute Gasteiger partial charge is 0.386 e. The van der Waals surface area contributed by atoms with Crippen molar-refractivity contribution in [1.82, 2.24) is 10.4 Å². The zero-order valence-electron chi connectivity index (χ0n) is 14.1. The first-order chi connectivity index (χ1) is 11.9. The van der Waals surface area contributed by atoms with Gasteiger partial charge in [0.05, 0.1) is 12.1 Å². The van der Waals surface area contributed by atoms with E-state index in [1.54, 1.807) is 13.8 Å². The molecule has 0 saturated carbocycles. The second-order valence-electron chi connectivity index (χ2n) is 5.10. The Balaban J connectivity index is 1.98. The van der Waals surface area contributed by atoms with Crippen molar-refractivity contribution in [2.24, 2.45) is 5.16 Å². The van der Waals surface area contributed by atoms with Crippen molar-refractivity contribution in [3.8, 4) is 0 Å². The highest BCUT2D eigenvalue weighted by atomic mass is 33.1. The van der Waals surface area contributed by atoms with Gasteiger partial charge in [-0.3, -0.25) is 14.4 Å². The Morgan fingerprint density at radius 3 is 2.44 bits per heavy atom. The van der Waals surface area contributed by atoms with Crippen molar-refractivity contribution in [1.29, 1.82) is 0 Å². The summed E-state index contributed by atoms with van der Waals surface area (Å²) in [6.07, 6.45) is 0.249. The molecule has 0 spiro atoms. The number of hydroxylamine groups is 2. The highest BCUT2D eigenvalue weighted by Crippen LogP contribution is 2.21. The second-order valence-corrected chi connectivity index (χ2v) is 7.80. The molecule has 0 aliphatic carbocycles. The Hall–Kier alpha value is -1.75. The van der Waals surface area contributed by atoms with Gasteiger partial charge in [0.15, 0.2) is 6.61 Å². The summed E-state index contributed by atoms with van der Waals surface area (Å²) in [6, 6.07) is 0. The van der Waals surface area contributed by atoms with Crippen LogP contribution >= 0.6 is 21.6 Å². The quantitative estimate of drug-likeness (QED) is 0.182. The fraction of sp³-hybridized carbons (Fsp3) is 0.643. The summed E-state index contributed by atoms with van der Waals surface area (Å²) in [5, 5.41) is 6.87. The average molecular weight is 391 g/mol. The standard InChI is InChI=1S/C14H21N3O6S2/c1-10(2)16-22-9-11(18)15-6-8-25-24-7-5-14(21)23-17-12(19)3-4-13(17)20/h3-9H2,1-2H3,(H,15,18). The molecule has 0 radical (unpaired) electrons. The van der Waals surface area contributed by atoms with Gasteiger partial charge < -0.3 is 15.0 Å². The van der Waals surface area contributed by atoms with Crippen molar-refractivity contribution in [2.45, 2.75) is 33.1 Å². The van der Waals surface area contributed by atoms with E-state index in [-0.39, 0.29) is 31.8 Å². The average Bonchev–Trinajstić information content (AvgIpc) is 2.85. The third-order valence-corrected chi connectivity index (χ3v) is 5.03. The Bertz CT molecular complexity index is 521. The van der Waals surface area contributed by atoms with Crippen LogP contribution in [0.5, 0.6) is 0 Å². The highest BCUT2D eigenvalue weighted by Gasteiger charge is 2.32. The number of carbonyl (C=O) groups is 4. The molecule has 11 heteroatoms. The van der Waals surface area contributed by atoms with Crippen LogP contribution in [0.2, 0.25) is 0 Å². The van der Waals surface area contributed by atoms with Gasteiger partial charge in [-0.05, 0) is 13.8 Å². The number of oxime groups is 1. The number of amides is 3. The molecule has 1 aliphatic rings. The van der Waals surface area contributed by atoms with E-state index in [0.29, 0.717) is 23.1 Å². The maximum absolute atomic E-state index is 11.5. The van der Waals surface area contributed by atoms with Gasteiger partial charge in [-0.15, -0.1) is 5.06 Å². The molecule has 1 heterocycles. The molecule has 0 atom stereocenters. The summed E-state index contributed by atoms with van der Waals surface area (Å²) >= 11 is 0. The van der Waals surface area contributed by atoms with Crippen LogP contribution in [0, 0.1) is 0 Å². The van der Waals surface area contributed by atoms with Crippen LogP contribution in [0.15, 0.2) is 5.16 Å². The van der Waals surface area contributed by atoms with Crippen LogP contribution < -0.4 is 5.32 Å². The van der Waals surface area contributed by atoms with Crippen LogP contribution in [-0.4, -0.2) is 59.1 Å². The molecule has 0 aromatic carbocycles. The molecule has 140 valence electrons. The Morgan fingerprint density at radius 1 is 1.16 bits per heavy atom. The monoisotopic (exact) mass is 391 g/mol. The first-order valence-electron chi connectivity index (χ1n) is 7.61. The molecule has 9 nitrogen and oxygen atoms in total. The van der Waals surface area contributed by atoms with Crippen molar-refractivity contribution >= 4 is 51.0 Å². The van der Waals surface area contributed by atoms with Gasteiger partial charge in [0.2, 0.25) is 0 Å². The van der Waals surface area contributed by atoms with E-state index in [1.165, 1.54) is 21.6 Å². The molecule has 0 aromatic rings. The van der Waals surface area contributed by atoms with Crippen LogP contribution in [-0.2, 0) is 28.9 Å². The molecular formula is C14H21N3O6S2. The van der Waals surface area contributed by atoms with Crippen molar-refractivity contribution < 1.29 is 28.9 Å². The molecule has 1 fully saturated rings. The Kier molecular flexibility index (Phi) is 10.0. The lowest BCUT2D eigenvalue weighted by Crippen LogP contribution is -2.32. The van der Waals surface area contributed by atoms with Crippen LogP contribution in [0.1, 0.15) is 33.1 Å². The maximum atomic E-state index is 11.5. The first-order valence-corrected chi connectivity index (χ1v) is 10.1. The minimum Gasteiger partial charge on any atom is -0.386 e. The predicted molar refractivity (Wildman–Crippen MR) is 94.5 cm³/mol. The molecule has 1 rings (SSSR count).